The average Bonchev–Trinajstić information content (AvgIpc) is 3.18. The molecule has 5 nitrogen and oxygen atoms in total. The number of rotatable bonds is 5. The van der Waals surface area contributed by atoms with Crippen LogP contribution in [0, 0.1) is 0 Å². The molecular formula is C13H17N3O2. The maximum Gasteiger partial charge on any atom is 0.262 e. The van der Waals surface area contributed by atoms with Crippen LogP contribution in [-0.4, -0.2) is 31.6 Å². The zero-order chi connectivity index (χ0) is 12.4. The summed E-state index contributed by atoms with van der Waals surface area (Å²) in [4.78, 5) is 11.2. The van der Waals surface area contributed by atoms with E-state index in [1.165, 1.54) is 12.8 Å². The molecule has 1 aromatic carbocycles. The molecule has 1 heterocycles. The van der Waals surface area contributed by atoms with Crippen LogP contribution in [0.5, 0.6) is 5.75 Å². The van der Waals surface area contributed by atoms with Gasteiger partial charge in [0.15, 0.2) is 6.61 Å². The molecule has 3 N–H and O–H groups in total. The third-order valence-corrected chi connectivity index (χ3v) is 3.08. The van der Waals surface area contributed by atoms with Crippen LogP contribution >= 0.6 is 0 Å². The SMILES string of the molecule is O=C1COc2ccc(NCCNC3CC3)cc2N1. The van der Waals surface area contributed by atoms with E-state index in [9.17, 15) is 4.79 Å². The predicted molar refractivity (Wildman–Crippen MR) is 70.1 cm³/mol. The number of hydrogen-bond acceptors (Lipinski definition) is 4. The molecule has 3 rings (SSSR count). The van der Waals surface area contributed by atoms with Gasteiger partial charge in [-0.25, -0.2) is 0 Å². The van der Waals surface area contributed by atoms with E-state index in [4.69, 9.17) is 4.74 Å². The smallest absolute Gasteiger partial charge is 0.262 e. The first-order valence-corrected chi connectivity index (χ1v) is 6.35. The van der Waals surface area contributed by atoms with Crippen molar-refractivity contribution < 1.29 is 9.53 Å². The highest BCUT2D eigenvalue weighted by atomic mass is 16.5. The summed E-state index contributed by atoms with van der Waals surface area (Å²) >= 11 is 0. The lowest BCUT2D eigenvalue weighted by Gasteiger charge is -2.18. The quantitative estimate of drug-likeness (QED) is 0.684. The molecule has 5 heteroatoms. The average molecular weight is 247 g/mol. The predicted octanol–water partition coefficient (Wildman–Crippen LogP) is 1.18. The van der Waals surface area contributed by atoms with Crippen molar-refractivity contribution in [3.8, 4) is 5.75 Å². The van der Waals surface area contributed by atoms with Crippen LogP contribution in [0.1, 0.15) is 12.8 Å². The van der Waals surface area contributed by atoms with Gasteiger partial charge >= 0.3 is 0 Å². The third kappa shape index (κ3) is 2.73. The van der Waals surface area contributed by atoms with Crippen LogP contribution in [0.2, 0.25) is 0 Å². The minimum atomic E-state index is -0.102. The summed E-state index contributed by atoms with van der Waals surface area (Å²) < 4.78 is 5.30. The first-order chi connectivity index (χ1) is 8.81. The highest BCUT2D eigenvalue weighted by Crippen LogP contribution is 2.30. The van der Waals surface area contributed by atoms with Gasteiger partial charge in [0.25, 0.3) is 5.91 Å². The maximum absolute atomic E-state index is 11.2. The van der Waals surface area contributed by atoms with Gasteiger partial charge in [-0.2, -0.15) is 0 Å². The number of hydrogen-bond donors (Lipinski definition) is 3. The number of carbonyl (C=O) groups excluding carboxylic acids is 1. The van der Waals surface area contributed by atoms with Crippen molar-refractivity contribution in [3.63, 3.8) is 0 Å². The van der Waals surface area contributed by atoms with Crippen molar-refractivity contribution in [2.75, 3.05) is 30.3 Å². The number of nitrogens with one attached hydrogen (secondary N) is 3. The Morgan fingerprint density at radius 2 is 2.22 bits per heavy atom. The number of ether oxygens (including phenoxy) is 1. The van der Waals surface area contributed by atoms with E-state index in [0.29, 0.717) is 0 Å². The van der Waals surface area contributed by atoms with Gasteiger partial charge in [-0.05, 0) is 31.0 Å². The van der Waals surface area contributed by atoms with Crippen LogP contribution in [0.25, 0.3) is 0 Å². The fraction of sp³-hybridized carbons (Fsp3) is 0.462. The van der Waals surface area contributed by atoms with Gasteiger partial charge in [0.1, 0.15) is 5.75 Å². The second kappa shape index (κ2) is 4.86. The molecule has 0 spiro atoms. The van der Waals surface area contributed by atoms with E-state index in [1.807, 2.05) is 18.2 Å². The van der Waals surface area contributed by atoms with Crippen molar-refractivity contribution in [2.24, 2.45) is 0 Å². The minimum Gasteiger partial charge on any atom is -0.482 e. The fourth-order valence-corrected chi connectivity index (χ4v) is 1.96. The van der Waals surface area contributed by atoms with Gasteiger partial charge in [-0.3, -0.25) is 4.79 Å². The molecule has 0 radical (unpaired) electrons. The third-order valence-electron chi connectivity index (χ3n) is 3.08. The van der Waals surface area contributed by atoms with Gasteiger partial charge in [-0.1, -0.05) is 0 Å². The van der Waals surface area contributed by atoms with Crippen LogP contribution in [0.4, 0.5) is 11.4 Å². The summed E-state index contributed by atoms with van der Waals surface area (Å²) in [5.41, 5.74) is 1.74. The summed E-state index contributed by atoms with van der Waals surface area (Å²) in [6, 6.07) is 6.49. The second-order valence-electron chi connectivity index (χ2n) is 4.70. The molecule has 0 atom stereocenters. The van der Waals surface area contributed by atoms with E-state index in [1.54, 1.807) is 0 Å². The lowest BCUT2D eigenvalue weighted by atomic mass is 10.2. The topological polar surface area (TPSA) is 62.4 Å². The van der Waals surface area contributed by atoms with Gasteiger partial charge in [-0.15, -0.1) is 0 Å². The largest absolute Gasteiger partial charge is 0.482 e. The van der Waals surface area contributed by atoms with Gasteiger partial charge in [0.2, 0.25) is 0 Å². The molecule has 0 bridgehead atoms. The summed E-state index contributed by atoms with van der Waals surface area (Å²) in [7, 11) is 0. The number of fused-ring (bicyclic) bond motifs is 1. The highest BCUT2D eigenvalue weighted by Gasteiger charge is 2.19. The normalized spacial score (nSPS) is 17.7. The standard InChI is InChI=1S/C13H17N3O2/c17-13-8-18-12-4-3-10(7-11(12)16-13)15-6-5-14-9-1-2-9/h3-4,7,9,14-15H,1-2,5-6,8H2,(H,16,17). The molecule has 2 aliphatic rings. The maximum atomic E-state index is 11.2. The van der Waals surface area contributed by atoms with Crippen molar-refractivity contribution in [2.45, 2.75) is 18.9 Å². The lowest BCUT2D eigenvalue weighted by Crippen LogP contribution is -2.26. The Morgan fingerprint density at radius 1 is 1.33 bits per heavy atom. The lowest BCUT2D eigenvalue weighted by molar-refractivity contribution is -0.118. The Labute approximate surface area is 106 Å². The number of carbonyl (C=O) groups is 1. The summed E-state index contributed by atoms with van der Waals surface area (Å²) in [5, 5.41) is 9.56. The number of benzene rings is 1. The Bertz CT molecular complexity index is 458. The van der Waals surface area contributed by atoms with Gasteiger partial charge in [0, 0.05) is 24.8 Å². The zero-order valence-corrected chi connectivity index (χ0v) is 10.2. The van der Waals surface area contributed by atoms with Crippen LogP contribution in [0.15, 0.2) is 18.2 Å². The van der Waals surface area contributed by atoms with Crippen molar-refractivity contribution in [1.29, 1.82) is 0 Å². The summed E-state index contributed by atoms with van der Waals surface area (Å²) in [6.45, 7) is 1.94. The molecule has 0 saturated heterocycles. The Kier molecular flexibility index (Phi) is 3.06. The highest BCUT2D eigenvalue weighted by molar-refractivity contribution is 5.95. The van der Waals surface area contributed by atoms with Crippen molar-refractivity contribution >= 4 is 17.3 Å². The Morgan fingerprint density at radius 3 is 3.06 bits per heavy atom. The van der Waals surface area contributed by atoms with Gasteiger partial charge < -0.3 is 20.7 Å². The molecule has 1 amide bonds. The Hall–Kier alpha value is -1.75. The minimum absolute atomic E-state index is 0.102. The summed E-state index contributed by atoms with van der Waals surface area (Å²) in [6.07, 6.45) is 2.62. The van der Waals surface area contributed by atoms with Crippen LogP contribution in [-0.2, 0) is 4.79 Å². The molecule has 1 aliphatic carbocycles. The van der Waals surface area contributed by atoms with E-state index in [-0.39, 0.29) is 12.5 Å². The summed E-state index contributed by atoms with van der Waals surface area (Å²) in [5.74, 6) is 0.631. The Balaban J connectivity index is 1.55. The molecule has 1 aromatic rings. The molecule has 1 fully saturated rings. The monoisotopic (exact) mass is 247 g/mol. The van der Waals surface area contributed by atoms with E-state index in [0.717, 1.165) is 36.3 Å². The molecule has 96 valence electrons. The van der Waals surface area contributed by atoms with E-state index >= 15 is 0 Å². The van der Waals surface area contributed by atoms with Gasteiger partial charge in [0.05, 0.1) is 5.69 Å². The molecule has 18 heavy (non-hydrogen) atoms. The molecule has 1 saturated carbocycles. The van der Waals surface area contributed by atoms with E-state index < -0.39 is 0 Å². The van der Waals surface area contributed by atoms with Crippen LogP contribution in [0.3, 0.4) is 0 Å². The second-order valence-corrected chi connectivity index (χ2v) is 4.70. The molecular weight excluding hydrogens is 230 g/mol. The zero-order valence-electron chi connectivity index (χ0n) is 10.2. The molecule has 1 aliphatic heterocycles. The van der Waals surface area contributed by atoms with E-state index in [2.05, 4.69) is 16.0 Å². The number of anilines is 2. The molecule has 0 unspecified atom stereocenters. The van der Waals surface area contributed by atoms with Crippen molar-refractivity contribution in [1.82, 2.24) is 5.32 Å². The first kappa shape index (κ1) is 11.3. The van der Waals surface area contributed by atoms with Crippen LogP contribution < -0.4 is 20.7 Å². The molecule has 0 aromatic heterocycles. The van der Waals surface area contributed by atoms with Crippen molar-refractivity contribution in [3.05, 3.63) is 18.2 Å². The fourth-order valence-electron chi connectivity index (χ4n) is 1.96. The number of amides is 1. The first-order valence-electron chi connectivity index (χ1n) is 6.35.